The van der Waals surface area contributed by atoms with Crippen LogP contribution in [0, 0.1) is 0 Å². The molecule has 98 valence electrons. The Hall–Kier alpha value is -1.35. The molecular formula is C15H22N2O. The number of carbonyl (C=O) groups excluding carboxylic acids is 1. The quantitative estimate of drug-likeness (QED) is 0.855. The van der Waals surface area contributed by atoms with Crippen LogP contribution in [-0.4, -0.2) is 18.0 Å². The predicted octanol–water partition coefficient (Wildman–Crippen LogP) is 2.18. The lowest BCUT2D eigenvalue weighted by molar-refractivity contribution is -0.124. The van der Waals surface area contributed by atoms with Crippen molar-refractivity contribution in [3.8, 4) is 0 Å². The van der Waals surface area contributed by atoms with E-state index in [1.807, 2.05) is 37.3 Å². The molecule has 0 bridgehead atoms. The first-order valence-corrected chi connectivity index (χ1v) is 6.74. The van der Waals surface area contributed by atoms with Crippen molar-refractivity contribution in [3.05, 3.63) is 35.9 Å². The maximum atomic E-state index is 12.3. The Morgan fingerprint density at radius 3 is 2.50 bits per heavy atom. The Bertz CT molecular complexity index is 396. The molecule has 1 aromatic rings. The maximum absolute atomic E-state index is 12.3. The molecule has 1 amide bonds. The minimum Gasteiger partial charge on any atom is -0.349 e. The Kier molecular flexibility index (Phi) is 4.02. The van der Waals surface area contributed by atoms with Gasteiger partial charge in [0.25, 0.3) is 0 Å². The zero-order chi connectivity index (χ0) is 13.0. The lowest BCUT2D eigenvalue weighted by atomic mass is 9.94. The summed E-state index contributed by atoms with van der Waals surface area (Å²) in [4.78, 5) is 12.3. The first-order valence-electron chi connectivity index (χ1n) is 6.74. The Morgan fingerprint density at radius 2 is 1.94 bits per heavy atom. The largest absolute Gasteiger partial charge is 0.349 e. The van der Waals surface area contributed by atoms with Crippen molar-refractivity contribution in [2.45, 2.75) is 44.1 Å². The highest BCUT2D eigenvalue weighted by Gasteiger charge is 2.34. The van der Waals surface area contributed by atoms with Gasteiger partial charge in [-0.3, -0.25) is 4.79 Å². The summed E-state index contributed by atoms with van der Waals surface area (Å²) in [5.41, 5.74) is 6.74. The molecule has 1 unspecified atom stereocenters. The van der Waals surface area contributed by atoms with Crippen LogP contribution in [0.25, 0.3) is 0 Å². The summed E-state index contributed by atoms with van der Waals surface area (Å²) < 4.78 is 0. The monoisotopic (exact) mass is 246 g/mol. The van der Waals surface area contributed by atoms with Gasteiger partial charge in [-0.1, -0.05) is 43.2 Å². The second kappa shape index (κ2) is 5.53. The van der Waals surface area contributed by atoms with E-state index >= 15 is 0 Å². The molecule has 1 saturated carbocycles. The van der Waals surface area contributed by atoms with Gasteiger partial charge in [-0.25, -0.2) is 0 Å². The maximum Gasteiger partial charge on any atom is 0.227 e. The number of benzene rings is 1. The molecule has 0 radical (unpaired) electrons. The summed E-state index contributed by atoms with van der Waals surface area (Å²) in [5.74, 6) is -0.0243. The molecule has 1 atom stereocenters. The fraction of sp³-hybridized carbons (Fsp3) is 0.533. The van der Waals surface area contributed by atoms with E-state index in [9.17, 15) is 4.79 Å². The lowest BCUT2D eigenvalue weighted by Gasteiger charge is -2.30. The number of nitrogens with one attached hydrogen (secondary N) is 1. The van der Waals surface area contributed by atoms with Crippen LogP contribution in [0.4, 0.5) is 0 Å². The number of rotatable bonds is 4. The van der Waals surface area contributed by atoms with E-state index in [1.54, 1.807) is 0 Å². The molecule has 0 saturated heterocycles. The van der Waals surface area contributed by atoms with Crippen molar-refractivity contribution in [2.24, 2.45) is 5.73 Å². The van der Waals surface area contributed by atoms with Gasteiger partial charge in [-0.2, -0.15) is 0 Å². The summed E-state index contributed by atoms with van der Waals surface area (Å²) in [6.07, 6.45) is 4.35. The van der Waals surface area contributed by atoms with Crippen LogP contribution in [0.15, 0.2) is 30.3 Å². The van der Waals surface area contributed by atoms with Crippen LogP contribution in [-0.2, 0) is 4.79 Å². The average molecular weight is 246 g/mol. The van der Waals surface area contributed by atoms with Crippen molar-refractivity contribution >= 4 is 5.91 Å². The smallest absolute Gasteiger partial charge is 0.227 e. The SMILES string of the molecule is CC(C(=O)NC1(CN)CCCC1)c1ccccc1. The summed E-state index contributed by atoms with van der Waals surface area (Å²) in [6, 6.07) is 9.88. The molecule has 1 aliphatic rings. The van der Waals surface area contributed by atoms with Crippen molar-refractivity contribution < 1.29 is 4.79 Å². The average Bonchev–Trinajstić information content (AvgIpc) is 2.88. The van der Waals surface area contributed by atoms with Gasteiger partial charge in [0.2, 0.25) is 5.91 Å². The van der Waals surface area contributed by atoms with Crippen LogP contribution >= 0.6 is 0 Å². The number of hydrogen-bond donors (Lipinski definition) is 2. The van der Waals surface area contributed by atoms with Crippen molar-refractivity contribution in [3.63, 3.8) is 0 Å². The first kappa shape index (κ1) is 13.1. The van der Waals surface area contributed by atoms with E-state index in [1.165, 1.54) is 0 Å². The molecule has 0 aromatic heterocycles. The van der Waals surface area contributed by atoms with Gasteiger partial charge in [-0.05, 0) is 25.3 Å². The molecule has 18 heavy (non-hydrogen) atoms. The van der Waals surface area contributed by atoms with Gasteiger partial charge in [-0.15, -0.1) is 0 Å². The van der Waals surface area contributed by atoms with E-state index < -0.39 is 0 Å². The normalized spacial score (nSPS) is 19.4. The van der Waals surface area contributed by atoms with Gasteiger partial charge >= 0.3 is 0 Å². The molecule has 3 heteroatoms. The Labute approximate surface area is 109 Å². The number of amides is 1. The third-order valence-corrected chi connectivity index (χ3v) is 4.03. The van der Waals surface area contributed by atoms with Crippen LogP contribution in [0.3, 0.4) is 0 Å². The van der Waals surface area contributed by atoms with Crippen molar-refractivity contribution in [1.82, 2.24) is 5.32 Å². The van der Waals surface area contributed by atoms with Gasteiger partial charge in [0.15, 0.2) is 0 Å². The number of nitrogens with two attached hydrogens (primary N) is 1. The molecular weight excluding hydrogens is 224 g/mol. The Balaban J connectivity index is 2.03. The molecule has 1 aromatic carbocycles. The van der Waals surface area contributed by atoms with E-state index in [2.05, 4.69) is 5.32 Å². The van der Waals surface area contributed by atoms with Crippen LogP contribution in [0.1, 0.15) is 44.1 Å². The summed E-state index contributed by atoms with van der Waals surface area (Å²) >= 11 is 0. The van der Waals surface area contributed by atoms with Crippen molar-refractivity contribution in [1.29, 1.82) is 0 Å². The highest BCUT2D eigenvalue weighted by atomic mass is 16.2. The summed E-state index contributed by atoms with van der Waals surface area (Å²) in [6.45, 7) is 2.49. The fourth-order valence-electron chi connectivity index (χ4n) is 2.69. The fourth-order valence-corrected chi connectivity index (χ4v) is 2.69. The minimum atomic E-state index is -0.153. The molecule has 1 fully saturated rings. The van der Waals surface area contributed by atoms with E-state index in [0.717, 1.165) is 31.2 Å². The van der Waals surface area contributed by atoms with Gasteiger partial charge < -0.3 is 11.1 Å². The zero-order valence-electron chi connectivity index (χ0n) is 11.0. The summed E-state index contributed by atoms with van der Waals surface area (Å²) in [5, 5.41) is 3.18. The van der Waals surface area contributed by atoms with Gasteiger partial charge in [0.05, 0.1) is 11.5 Å². The molecule has 0 spiro atoms. The second-order valence-corrected chi connectivity index (χ2v) is 5.31. The molecule has 0 aliphatic heterocycles. The second-order valence-electron chi connectivity index (χ2n) is 5.31. The van der Waals surface area contributed by atoms with E-state index in [0.29, 0.717) is 6.54 Å². The minimum absolute atomic E-state index is 0.0913. The zero-order valence-corrected chi connectivity index (χ0v) is 11.0. The third kappa shape index (κ3) is 2.72. The van der Waals surface area contributed by atoms with Crippen LogP contribution in [0.2, 0.25) is 0 Å². The molecule has 1 aliphatic carbocycles. The van der Waals surface area contributed by atoms with Crippen molar-refractivity contribution in [2.75, 3.05) is 6.54 Å². The molecule has 0 heterocycles. The standard InChI is InChI=1S/C15H22N2O/c1-12(13-7-3-2-4-8-13)14(18)17-15(11-16)9-5-6-10-15/h2-4,7-8,12H,5-6,9-11,16H2,1H3,(H,17,18). The molecule has 2 rings (SSSR count). The van der Waals surface area contributed by atoms with Crippen LogP contribution in [0.5, 0.6) is 0 Å². The van der Waals surface area contributed by atoms with E-state index in [-0.39, 0.29) is 17.4 Å². The lowest BCUT2D eigenvalue weighted by Crippen LogP contribution is -2.52. The number of hydrogen-bond acceptors (Lipinski definition) is 2. The molecule has 3 N–H and O–H groups in total. The number of carbonyl (C=O) groups is 1. The first-order chi connectivity index (χ1) is 8.67. The molecule has 3 nitrogen and oxygen atoms in total. The summed E-state index contributed by atoms with van der Waals surface area (Å²) in [7, 11) is 0. The highest BCUT2D eigenvalue weighted by molar-refractivity contribution is 5.84. The van der Waals surface area contributed by atoms with Crippen LogP contribution < -0.4 is 11.1 Å². The highest BCUT2D eigenvalue weighted by Crippen LogP contribution is 2.29. The van der Waals surface area contributed by atoms with Gasteiger partial charge in [0, 0.05) is 6.54 Å². The third-order valence-electron chi connectivity index (χ3n) is 4.03. The topological polar surface area (TPSA) is 55.1 Å². The predicted molar refractivity (Wildman–Crippen MR) is 73.3 cm³/mol. The Morgan fingerprint density at radius 1 is 1.33 bits per heavy atom. The van der Waals surface area contributed by atoms with E-state index in [4.69, 9.17) is 5.73 Å². The van der Waals surface area contributed by atoms with Gasteiger partial charge in [0.1, 0.15) is 0 Å².